The average molecular weight is 279 g/mol. The van der Waals surface area contributed by atoms with E-state index < -0.39 is 5.82 Å². The molecule has 1 aromatic rings. The molecule has 4 nitrogen and oxygen atoms in total. The molecular weight excluding hydrogens is 257 g/mol. The normalized spacial score (nSPS) is 22.8. The number of halogens is 1. The van der Waals surface area contributed by atoms with Gasteiger partial charge in [-0.25, -0.2) is 4.39 Å². The van der Waals surface area contributed by atoms with E-state index in [9.17, 15) is 9.18 Å². The van der Waals surface area contributed by atoms with E-state index in [1.54, 1.807) is 18.2 Å². The molecule has 0 bridgehead atoms. The second-order valence-electron chi connectivity index (χ2n) is 5.46. The zero-order valence-electron chi connectivity index (χ0n) is 11.8. The SMILES string of the molecule is CN(CC(=O)Nc1ccccc1F)C1CCCCC1N. The minimum Gasteiger partial charge on any atom is -0.326 e. The molecule has 1 aromatic carbocycles. The summed E-state index contributed by atoms with van der Waals surface area (Å²) >= 11 is 0. The highest BCUT2D eigenvalue weighted by Gasteiger charge is 2.26. The standard InChI is InChI=1S/C15H22FN3O/c1-19(14-9-5-3-7-12(14)17)10-15(20)18-13-8-4-2-6-11(13)16/h2,4,6,8,12,14H,3,5,7,9-10,17H2,1H3,(H,18,20). The van der Waals surface area contributed by atoms with E-state index >= 15 is 0 Å². The summed E-state index contributed by atoms with van der Waals surface area (Å²) in [5, 5.41) is 2.60. The number of para-hydroxylation sites is 1. The van der Waals surface area contributed by atoms with E-state index in [-0.39, 0.29) is 30.2 Å². The van der Waals surface area contributed by atoms with E-state index in [2.05, 4.69) is 5.32 Å². The minimum absolute atomic E-state index is 0.120. The lowest BCUT2D eigenvalue weighted by Crippen LogP contribution is -2.50. The van der Waals surface area contributed by atoms with Gasteiger partial charge in [0.2, 0.25) is 5.91 Å². The fraction of sp³-hybridized carbons (Fsp3) is 0.533. The number of amides is 1. The highest BCUT2D eigenvalue weighted by molar-refractivity contribution is 5.92. The summed E-state index contributed by atoms with van der Waals surface area (Å²) in [5.41, 5.74) is 6.32. The number of carbonyl (C=O) groups is 1. The van der Waals surface area contributed by atoms with E-state index in [1.807, 2.05) is 11.9 Å². The summed E-state index contributed by atoms with van der Waals surface area (Å²) in [6, 6.07) is 6.53. The molecule has 3 N–H and O–H groups in total. The Hall–Kier alpha value is -1.46. The smallest absolute Gasteiger partial charge is 0.238 e. The Morgan fingerprint density at radius 3 is 2.80 bits per heavy atom. The Labute approximate surface area is 119 Å². The number of rotatable bonds is 4. The van der Waals surface area contributed by atoms with Gasteiger partial charge in [0.25, 0.3) is 0 Å². The largest absolute Gasteiger partial charge is 0.326 e. The third-order valence-corrected chi connectivity index (χ3v) is 3.89. The number of likely N-dealkylation sites (N-methyl/N-ethyl adjacent to an activating group) is 1. The number of anilines is 1. The molecule has 1 fully saturated rings. The third kappa shape index (κ3) is 3.77. The fourth-order valence-electron chi connectivity index (χ4n) is 2.78. The first-order chi connectivity index (χ1) is 9.58. The van der Waals surface area contributed by atoms with Gasteiger partial charge in [0, 0.05) is 12.1 Å². The Morgan fingerprint density at radius 2 is 2.10 bits per heavy atom. The van der Waals surface area contributed by atoms with Crippen molar-refractivity contribution in [2.45, 2.75) is 37.8 Å². The molecule has 5 heteroatoms. The minimum atomic E-state index is -0.419. The molecule has 2 atom stereocenters. The lowest BCUT2D eigenvalue weighted by atomic mass is 9.90. The molecule has 1 aliphatic carbocycles. The van der Waals surface area contributed by atoms with Crippen LogP contribution < -0.4 is 11.1 Å². The molecule has 0 saturated heterocycles. The number of hydrogen-bond acceptors (Lipinski definition) is 3. The van der Waals surface area contributed by atoms with Gasteiger partial charge in [-0.2, -0.15) is 0 Å². The van der Waals surface area contributed by atoms with Gasteiger partial charge in [-0.15, -0.1) is 0 Å². The summed E-state index contributed by atoms with van der Waals surface area (Å²) < 4.78 is 13.5. The van der Waals surface area contributed by atoms with Crippen molar-refractivity contribution in [2.24, 2.45) is 5.73 Å². The molecule has 1 saturated carbocycles. The molecular formula is C15H22FN3O. The van der Waals surface area contributed by atoms with E-state index in [0.717, 1.165) is 25.7 Å². The first-order valence-electron chi connectivity index (χ1n) is 7.08. The Bertz CT molecular complexity index is 466. The van der Waals surface area contributed by atoms with Gasteiger partial charge in [0.05, 0.1) is 12.2 Å². The summed E-state index contributed by atoms with van der Waals surface area (Å²) in [6.45, 7) is 0.229. The van der Waals surface area contributed by atoms with E-state index in [0.29, 0.717) is 0 Å². The Morgan fingerprint density at radius 1 is 1.40 bits per heavy atom. The highest BCUT2D eigenvalue weighted by atomic mass is 19.1. The average Bonchev–Trinajstić information content (AvgIpc) is 2.41. The summed E-state index contributed by atoms with van der Waals surface area (Å²) in [4.78, 5) is 13.9. The number of nitrogens with two attached hydrogens (primary N) is 1. The molecule has 2 rings (SSSR count). The molecule has 1 amide bonds. The first-order valence-corrected chi connectivity index (χ1v) is 7.08. The zero-order chi connectivity index (χ0) is 14.5. The number of hydrogen-bond donors (Lipinski definition) is 2. The van der Waals surface area contributed by atoms with E-state index in [1.165, 1.54) is 6.07 Å². The van der Waals surface area contributed by atoms with Crippen LogP contribution in [-0.4, -0.2) is 36.5 Å². The third-order valence-electron chi connectivity index (χ3n) is 3.89. The summed E-state index contributed by atoms with van der Waals surface area (Å²) in [7, 11) is 1.90. The quantitative estimate of drug-likeness (QED) is 0.886. The predicted molar refractivity (Wildman–Crippen MR) is 77.9 cm³/mol. The maximum absolute atomic E-state index is 13.5. The van der Waals surface area contributed by atoms with Crippen LogP contribution in [0, 0.1) is 5.82 Å². The van der Waals surface area contributed by atoms with Crippen molar-refractivity contribution in [3.63, 3.8) is 0 Å². The van der Waals surface area contributed by atoms with Crippen molar-refractivity contribution in [3.05, 3.63) is 30.1 Å². The van der Waals surface area contributed by atoms with Gasteiger partial charge in [-0.1, -0.05) is 25.0 Å². The topological polar surface area (TPSA) is 58.4 Å². The van der Waals surface area contributed by atoms with Crippen LogP contribution in [-0.2, 0) is 4.79 Å². The number of nitrogens with zero attached hydrogens (tertiary/aromatic N) is 1. The van der Waals surface area contributed by atoms with Crippen LogP contribution >= 0.6 is 0 Å². The molecule has 0 aromatic heterocycles. The second-order valence-corrected chi connectivity index (χ2v) is 5.46. The lowest BCUT2D eigenvalue weighted by molar-refractivity contribution is -0.117. The van der Waals surface area contributed by atoms with Crippen molar-refractivity contribution in [1.82, 2.24) is 4.90 Å². The fourth-order valence-corrected chi connectivity index (χ4v) is 2.78. The van der Waals surface area contributed by atoms with Crippen molar-refractivity contribution in [3.8, 4) is 0 Å². The highest BCUT2D eigenvalue weighted by Crippen LogP contribution is 2.21. The molecule has 0 heterocycles. The van der Waals surface area contributed by atoms with Crippen LogP contribution in [0.5, 0.6) is 0 Å². The molecule has 0 radical (unpaired) electrons. The first kappa shape index (κ1) is 14.9. The lowest BCUT2D eigenvalue weighted by Gasteiger charge is -2.35. The van der Waals surface area contributed by atoms with Crippen LogP contribution in [0.4, 0.5) is 10.1 Å². The van der Waals surface area contributed by atoms with Crippen LogP contribution in [0.25, 0.3) is 0 Å². The molecule has 2 unspecified atom stereocenters. The van der Waals surface area contributed by atoms with Crippen LogP contribution in [0.3, 0.4) is 0 Å². The summed E-state index contributed by atoms with van der Waals surface area (Å²) in [6.07, 6.45) is 4.33. The molecule has 20 heavy (non-hydrogen) atoms. The van der Waals surface area contributed by atoms with Gasteiger partial charge in [0.15, 0.2) is 0 Å². The zero-order valence-corrected chi connectivity index (χ0v) is 11.8. The van der Waals surface area contributed by atoms with Gasteiger partial charge >= 0.3 is 0 Å². The predicted octanol–water partition coefficient (Wildman–Crippen LogP) is 1.97. The number of nitrogens with one attached hydrogen (secondary N) is 1. The molecule has 1 aliphatic rings. The van der Waals surface area contributed by atoms with Gasteiger partial charge in [0.1, 0.15) is 5.82 Å². The Kier molecular flexibility index (Phi) is 5.09. The second kappa shape index (κ2) is 6.81. The maximum Gasteiger partial charge on any atom is 0.238 e. The van der Waals surface area contributed by atoms with Crippen LogP contribution in [0.2, 0.25) is 0 Å². The van der Waals surface area contributed by atoms with Crippen molar-refractivity contribution in [1.29, 1.82) is 0 Å². The van der Waals surface area contributed by atoms with Gasteiger partial charge in [-0.3, -0.25) is 9.69 Å². The number of benzene rings is 1. The van der Waals surface area contributed by atoms with E-state index in [4.69, 9.17) is 5.73 Å². The molecule has 0 aliphatic heterocycles. The number of carbonyl (C=O) groups excluding carboxylic acids is 1. The molecule has 110 valence electrons. The van der Waals surface area contributed by atoms with Gasteiger partial charge < -0.3 is 11.1 Å². The monoisotopic (exact) mass is 279 g/mol. The van der Waals surface area contributed by atoms with Crippen LogP contribution in [0.1, 0.15) is 25.7 Å². The van der Waals surface area contributed by atoms with Crippen LogP contribution in [0.15, 0.2) is 24.3 Å². The molecule has 0 spiro atoms. The van der Waals surface area contributed by atoms with Crippen molar-refractivity contribution >= 4 is 11.6 Å². The Balaban J connectivity index is 1.89. The van der Waals surface area contributed by atoms with Crippen molar-refractivity contribution in [2.75, 3.05) is 18.9 Å². The van der Waals surface area contributed by atoms with Gasteiger partial charge in [-0.05, 0) is 32.0 Å². The summed E-state index contributed by atoms with van der Waals surface area (Å²) in [5.74, 6) is -0.631. The van der Waals surface area contributed by atoms with Crippen molar-refractivity contribution < 1.29 is 9.18 Å². The maximum atomic E-state index is 13.5.